The summed E-state index contributed by atoms with van der Waals surface area (Å²) in [6.07, 6.45) is 4.32. The van der Waals surface area contributed by atoms with Crippen molar-refractivity contribution in [2.45, 2.75) is 34.1 Å². The Morgan fingerprint density at radius 2 is 1.93 bits per heavy atom. The zero-order valence-electron chi connectivity index (χ0n) is 16.5. The van der Waals surface area contributed by atoms with Gasteiger partial charge in [0.2, 0.25) is 5.91 Å². The third kappa shape index (κ3) is 3.75. The molecule has 0 fully saturated rings. The second-order valence-electron chi connectivity index (χ2n) is 6.74. The topological polar surface area (TPSA) is 51.5 Å². The first-order valence-corrected chi connectivity index (χ1v) is 9.08. The molecule has 0 aliphatic heterocycles. The first-order chi connectivity index (χ1) is 12.9. The Balaban J connectivity index is 1.92. The molecule has 140 valence electrons. The minimum absolute atomic E-state index is 0.166. The van der Waals surface area contributed by atoms with Crippen LogP contribution in [0.3, 0.4) is 0 Å². The third-order valence-electron chi connectivity index (χ3n) is 4.84. The summed E-state index contributed by atoms with van der Waals surface area (Å²) in [6.45, 7) is 8.00. The Morgan fingerprint density at radius 1 is 1.22 bits per heavy atom. The molecule has 1 N–H and O–H groups in total. The molecule has 27 heavy (non-hydrogen) atoms. The molecule has 1 heterocycles. The van der Waals surface area contributed by atoms with Crippen molar-refractivity contribution in [3.63, 3.8) is 0 Å². The van der Waals surface area contributed by atoms with Crippen LogP contribution in [0.2, 0.25) is 0 Å². The maximum absolute atomic E-state index is 12.5. The first kappa shape index (κ1) is 18.8. The molecule has 3 aromatic rings. The lowest BCUT2D eigenvalue weighted by Crippen LogP contribution is -2.08. The fourth-order valence-electron chi connectivity index (χ4n) is 3.27. The number of anilines is 1. The standard InChI is InChI=1S/C23H25NO3/c1-6-17-7-9-18(10-8-17)24-21(25)11-14(2)19-12-20-15(3)13-27-23(20)16(4)22(19)26-5/h7-13H,6H2,1-5H3,(H,24,25)/b14-11+. The summed E-state index contributed by atoms with van der Waals surface area (Å²) >= 11 is 0. The Kier molecular flexibility index (Phi) is 5.36. The first-order valence-electron chi connectivity index (χ1n) is 9.08. The molecular weight excluding hydrogens is 338 g/mol. The molecule has 0 saturated heterocycles. The number of ether oxygens (including phenoxy) is 1. The average molecular weight is 363 g/mol. The van der Waals surface area contributed by atoms with Crippen LogP contribution in [0.1, 0.15) is 36.1 Å². The Hall–Kier alpha value is -3.01. The van der Waals surface area contributed by atoms with Gasteiger partial charge in [-0.05, 0) is 62.1 Å². The number of amides is 1. The molecule has 3 rings (SSSR count). The van der Waals surface area contributed by atoms with Crippen molar-refractivity contribution >= 4 is 28.1 Å². The summed E-state index contributed by atoms with van der Waals surface area (Å²) in [5.41, 5.74) is 6.56. The number of methoxy groups -OCH3 is 1. The van der Waals surface area contributed by atoms with Crippen molar-refractivity contribution in [3.05, 3.63) is 64.9 Å². The number of carbonyl (C=O) groups excluding carboxylic acids is 1. The molecule has 2 aromatic carbocycles. The van der Waals surface area contributed by atoms with E-state index in [1.807, 2.05) is 51.1 Å². The van der Waals surface area contributed by atoms with E-state index < -0.39 is 0 Å². The highest BCUT2D eigenvalue weighted by Crippen LogP contribution is 2.37. The van der Waals surface area contributed by atoms with Crippen LogP contribution in [0.15, 0.2) is 47.1 Å². The van der Waals surface area contributed by atoms with Crippen molar-refractivity contribution in [3.8, 4) is 5.75 Å². The SMILES string of the molecule is CCc1ccc(NC(=O)/C=C(\C)c2cc3c(C)coc3c(C)c2OC)cc1. The van der Waals surface area contributed by atoms with E-state index >= 15 is 0 Å². The summed E-state index contributed by atoms with van der Waals surface area (Å²) in [5, 5.41) is 3.95. The number of hydrogen-bond donors (Lipinski definition) is 1. The van der Waals surface area contributed by atoms with E-state index in [1.54, 1.807) is 19.4 Å². The molecule has 0 saturated carbocycles. The predicted octanol–water partition coefficient (Wildman–Crippen LogP) is 5.66. The van der Waals surface area contributed by atoms with E-state index in [2.05, 4.69) is 12.2 Å². The summed E-state index contributed by atoms with van der Waals surface area (Å²) in [4.78, 5) is 12.5. The third-order valence-corrected chi connectivity index (χ3v) is 4.84. The van der Waals surface area contributed by atoms with Gasteiger partial charge in [-0.15, -0.1) is 0 Å². The number of nitrogens with one attached hydrogen (secondary N) is 1. The van der Waals surface area contributed by atoms with Gasteiger partial charge >= 0.3 is 0 Å². The molecule has 0 bridgehead atoms. The number of carbonyl (C=O) groups is 1. The van der Waals surface area contributed by atoms with E-state index in [0.717, 1.165) is 51.1 Å². The Bertz CT molecular complexity index is 1010. The molecular formula is C23H25NO3. The predicted molar refractivity (Wildman–Crippen MR) is 110 cm³/mol. The number of benzene rings is 2. The van der Waals surface area contributed by atoms with Gasteiger partial charge < -0.3 is 14.5 Å². The van der Waals surface area contributed by atoms with Gasteiger partial charge in [-0.1, -0.05) is 19.1 Å². The smallest absolute Gasteiger partial charge is 0.248 e. The number of allylic oxidation sites excluding steroid dienone is 1. The molecule has 0 spiro atoms. The molecule has 0 aliphatic carbocycles. The van der Waals surface area contributed by atoms with E-state index in [9.17, 15) is 4.79 Å². The van der Waals surface area contributed by atoms with Gasteiger partial charge in [0.25, 0.3) is 0 Å². The van der Waals surface area contributed by atoms with Crippen molar-refractivity contribution in [1.29, 1.82) is 0 Å². The average Bonchev–Trinajstić information content (AvgIpc) is 3.03. The van der Waals surface area contributed by atoms with E-state index in [-0.39, 0.29) is 5.91 Å². The lowest BCUT2D eigenvalue weighted by Gasteiger charge is -2.13. The van der Waals surface area contributed by atoms with Crippen molar-refractivity contribution in [1.82, 2.24) is 0 Å². The van der Waals surface area contributed by atoms with Crippen molar-refractivity contribution < 1.29 is 13.9 Å². The van der Waals surface area contributed by atoms with Crippen LogP contribution in [0.25, 0.3) is 16.5 Å². The Labute approximate surface area is 159 Å². The highest BCUT2D eigenvalue weighted by molar-refractivity contribution is 6.05. The number of rotatable bonds is 5. The van der Waals surface area contributed by atoms with Crippen LogP contribution < -0.4 is 10.1 Å². The summed E-state index contributed by atoms with van der Waals surface area (Å²) in [5.74, 6) is 0.561. The molecule has 0 atom stereocenters. The largest absolute Gasteiger partial charge is 0.496 e. The Morgan fingerprint density at radius 3 is 2.56 bits per heavy atom. The fourth-order valence-corrected chi connectivity index (χ4v) is 3.27. The van der Waals surface area contributed by atoms with Gasteiger partial charge in [-0.2, -0.15) is 0 Å². The lowest BCUT2D eigenvalue weighted by atomic mass is 9.98. The summed E-state index contributed by atoms with van der Waals surface area (Å²) in [6, 6.07) is 9.91. The van der Waals surface area contributed by atoms with Gasteiger partial charge in [0.15, 0.2) is 0 Å². The molecule has 0 radical (unpaired) electrons. The molecule has 1 aromatic heterocycles. The minimum Gasteiger partial charge on any atom is -0.496 e. The molecule has 0 unspecified atom stereocenters. The van der Waals surface area contributed by atoms with Crippen LogP contribution in [-0.4, -0.2) is 13.0 Å². The van der Waals surface area contributed by atoms with Crippen molar-refractivity contribution in [2.24, 2.45) is 0 Å². The molecule has 4 nitrogen and oxygen atoms in total. The van der Waals surface area contributed by atoms with Crippen molar-refractivity contribution in [2.75, 3.05) is 12.4 Å². The van der Waals surface area contributed by atoms with Gasteiger partial charge in [0.1, 0.15) is 11.3 Å². The van der Waals surface area contributed by atoms with Gasteiger partial charge in [-0.25, -0.2) is 0 Å². The summed E-state index contributed by atoms with van der Waals surface area (Å²) < 4.78 is 11.3. The minimum atomic E-state index is -0.166. The number of fused-ring (bicyclic) bond motifs is 1. The van der Waals surface area contributed by atoms with Crippen LogP contribution in [0, 0.1) is 13.8 Å². The second kappa shape index (κ2) is 7.70. The van der Waals surface area contributed by atoms with E-state index in [4.69, 9.17) is 9.15 Å². The molecule has 4 heteroatoms. The van der Waals surface area contributed by atoms with Crippen LogP contribution in [0.4, 0.5) is 5.69 Å². The fraction of sp³-hybridized carbons (Fsp3) is 0.261. The lowest BCUT2D eigenvalue weighted by molar-refractivity contribution is -0.111. The molecule has 0 aliphatic rings. The quantitative estimate of drug-likeness (QED) is 0.595. The normalized spacial score (nSPS) is 11.7. The highest BCUT2D eigenvalue weighted by atomic mass is 16.5. The maximum atomic E-state index is 12.5. The van der Waals surface area contributed by atoms with Crippen LogP contribution in [0.5, 0.6) is 5.75 Å². The number of aryl methyl sites for hydroxylation is 3. The monoisotopic (exact) mass is 363 g/mol. The molecule has 1 amide bonds. The maximum Gasteiger partial charge on any atom is 0.248 e. The second-order valence-corrected chi connectivity index (χ2v) is 6.74. The summed E-state index contributed by atoms with van der Waals surface area (Å²) in [7, 11) is 1.64. The van der Waals surface area contributed by atoms with Gasteiger partial charge in [0.05, 0.1) is 13.4 Å². The van der Waals surface area contributed by atoms with Gasteiger partial charge in [0, 0.05) is 28.3 Å². The van der Waals surface area contributed by atoms with Crippen LogP contribution >= 0.6 is 0 Å². The highest BCUT2D eigenvalue weighted by Gasteiger charge is 2.16. The zero-order chi connectivity index (χ0) is 19.6. The zero-order valence-corrected chi connectivity index (χ0v) is 16.5. The van der Waals surface area contributed by atoms with E-state index in [1.165, 1.54) is 5.56 Å². The van der Waals surface area contributed by atoms with E-state index in [0.29, 0.717) is 0 Å². The number of hydrogen-bond acceptors (Lipinski definition) is 3. The van der Waals surface area contributed by atoms with Gasteiger partial charge in [-0.3, -0.25) is 4.79 Å². The van der Waals surface area contributed by atoms with Crippen LogP contribution in [-0.2, 0) is 11.2 Å². The number of furan rings is 1.